The van der Waals surface area contributed by atoms with E-state index in [1.54, 1.807) is 12.3 Å². The number of amides is 1. The molecule has 0 radical (unpaired) electrons. The maximum Gasteiger partial charge on any atom is 0.273 e. The summed E-state index contributed by atoms with van der Waals surface area (Å²) in [5, 5.41) is 4.09. The second-order valence-electron chi connectivity index (χ2n) is 6.88. The van der Waals surface area contributed by atoms with Crippen LogP contribution in [0.25, 0.3) is 0 Å². The van der Waals surface area contributed by atoms with Crippen LogP contribution in [0.5, 0.6) is 0 Å². The number of rotatable bonds is 4. The largest absolute Gasteiger partial charge is 0.339 e. The minimum Gasteiger partial charge on any atom is -0.339 e. The van der Waals surface area contributed by atoms with Gasteiger partial charge in [-0.15, -0.1) is 0 Å². The Kier molecular flexibility index (Phi) is 3.78. The molecule has 2 fully saturated rings. The molecule has 1 unspecified atom stereocenters. The first-order chi connectivity index (χ1) is 11.6. The van der Waals surface area contributed by atoms with Crippen LogP contribution in [-0.4, -0.2) is 37.5 Å². The Balaban J connectivity index is 1.57. The minimum atomic E-state index is -0.131. The van der Waals surface area contributed by atoms with Gasteiger partial charge in [-0.25, -0.2) is 9.97 Å². The average Bonchev–Trinajstić information content (AvgIpc) is 3.12. The molecule has 126 valence electrons. The molecule has 7 nitrogen and oxygen atoms in total. The molecule has 7 heteroatoms. The quantitative estimate of drug-likeness (QED) is 0.858. The van der Waals surface area contributed by atoms with Crippen LogP contribution in [-0.2, 0) is 0 Å². The van der Waals surface area contributed by atoms with Crippen molar-refractivity contribution in [3.8, 4) is 0 Å². The van der Waals surface area contributed by atoms with Crippen molar-refractivity contribution in [2.75, 3.05) is 6.54 Å². The first-order valence-electron chi connectivity index (χ1n) is 8.61. The molecule has 1 amide bonds. The number of likely N-dealkylation sites (tertiary alicyclic amines) is 1. The van der Waals surface area contributed by atoms with Crippen molar-refractivity contribution in [2.24, 2.45) is 0 Å². The lowest BCUT2D eigenvalue weighted by Crippen LogP contribution is -2.32. The summed E-state index contributed by atoms with van der Waals surface area (Å²) in [7, 11) is 0. The van der Waals surface area contributed by atoms with Gasteiger partial charge in [0.15, 0.2) is 5.82 Å². The molecule has 1 aliphatic heterocycles. The van der Waals surface area contributed by atoms with Gasteiger partial charge in [-0.05, 0) is 31.7 Å². The fourth-order valence-electron chi connectivity index (χ4n) is 3.07. The van der Waals surface area contributed by atoms with E-state index in [1.807, 2.05) is 18.7 Å². The molecular weight excluding hydrogens is 306 g/mol. The zero-order valence-electron chi connectivity index (χ0n) is 14.0. The van der Waals surface area contributed by atoms with Gasteiger partial charge >= 0.3 is 0 Å². The SMILES string of the molecule is CC(C)c1nc(C2CCCN2C(=O)c2ccnc(C3CC3)n2)no1. The van der Waals surface area contributed by atoms with Gasteiger partial charge in [-0.3, -0.25) is 4.79 Å². The van der Waals surface area contributed by atoms with Crippen LogP contribution in [0.15, 0.2) is 16.8 Å². The fraction of sp³-hybridized carbons (Fsp3) is 0.588. The lowest BCUT2D eigenvalue weighted by Gasteiger charge is -2.21. The van der Waals surface area contributed by atoms with E-state index < -0.39 is 0 Å². The van der Waals surface area contributed by atoms with Crippen molar-refractivity contribution in [3.63, 3.8) is 0 Å². The number of carbonyl (C=O) groups excluding carboxylic acids is 1. The van der Waals surface area contributed by atoms with E-state index in [2.05, 4.69) is 20.1 Å². The van der Waals surface area contributed by atoms with E-state index in [0.29, 0.717) is 29.9 Å². The molecule has 4 rings (SSSR count). The van der Waals surface area contributed by atoms with Crippen molar-refractivity contribution in [2.45, 2.75) is 57.4 Å². The highest BCUT2D eigenvalue weighted by molar-refractivity contribution is 5.92. The van der Waals surface area contributed by atoms with Crippen molar-refractivity contribution in [1.29, 1.82) is 0 Å². The van der Waals surface area contributed by atoms with Crippen LogP contribution < -0.4 is 0 Å². The third kappa shape index (κ3) is 2.79. The van der Waals surface area contributed by atoms with Crippen molar-refractivity contribution in [1.82, 2.24) is 25.0 Å². The van der Waals surface area contributed by atoms with Crippen molar-refractivity contribution < 1.29 is 9.32 Å². The summed E-state index contributed by atoms with van der Waals surface area (Å²) >= 11 is 0. The Hall–Kier alpha value is -2.31. The van der Waals surface area contributed by atoms with Gasteiger partial charge in [0.25, 0.3) is 5.91 Å². The topological polar surface area (TPSA) is 85.0 Å². The van der Waals surface area contributed by atoms with E-state index in [0.717, 1.165) is 31.5 Å². The van der Waals surface area contributed by atoms with Crippen LogP contribution in [0.1, 0.15) is 85.4 Å². The lowest BCUT2D eigenvalue weighted by molar-refractivity contribution is 0.0721. The van der Waals surface area contributed by atoms with E-state index in [1.165, 1.54) is 0 Å². The third-order valence-electron chi connectivity index (χ3n) is 4.60. The van der Waals surface area contributed by atoms with Crippen LogP contribution in [0, 0.1) is 0 Å². The van der Waals surface area contributed by atoms with Gasteiger partial charge in [0.2, 0.25) is 5.89 Å². The summed E-state index contributed by atoms with van der Waals surface area (Å²) in [6.07, 6.45) is 5.70. The molecule has 0 spiro atoms. The van der Waals surface area contributed by atoms with Gasteiger partial charge in [-0.1, -0.05) is 19.0 Å². The summed E-state index contributed by atoms with van der Waals surface area (Å²) in [6.45, 7) is 4.71. The molecule has 0 aromatic carbocycles. The predicted octanol–water partition coefficient (Wildman–Crippen LogP) is 2.84. The van der Waals surface area contributed by atoms with Crippen LogP contribution in [0.2, 0.25) is 0 Å². The zero-order chi connectivity index (χ0) is 16.7. The second-order valence-corrected chi connectivity index (χ2v) is 6.88. The van der Waals surface area contributed by atoms with E-state index >= 15 is 0 Å². The number of aromatic nitrogens is 4. The fourth-order valence-corrected chi connectivity index (χ4v) is 3.07. The van der Waals surface area contributed by atoms with Crippen LogP contribution in [0.3, 0.4) is 0 Å². The first kappa shape index (κ1) is 15.2. The maximum absolute atomic E-state index is 12.9. The van der Waals surface area contributed by atoms with Crippen molar-refractivity contribution >= 4 is 5.91 Å². The van der Waals surface area contributed by atoms with E-state index in [-0.39, 0.29) is 17.9 Å². The average molecular weight is 327 g/mol. The summed E-state index contributed by atoms with van der Waals surface area (Å²) in [4.78, 5) is 28.0. The minimum absolute atomic E-state index is 0.0716. The number of nitrogens with zero attached hydrogens (tertiary/aromatic N) is 5. The summed E-state index contributed by atoms with van der Waals surface area (Å²) in [6, 6.07) is 1.56. The van der Waals surface area contributed by atoms with Gasteiger partial charge in [0.1, 0.15) is 11.5 Å². The van der Waals surface area contributed by atoms with E-state index in [9.17, 15) is 4.79 Å². The molecular formula is C17H21N5O2. The molecule has 2 aromatic heterocycles. The normalized spacial score (nSPS) is 20.8. The first-order valence-corrected chi connectivity index (χ1v) is 8.61. The van der Waals surface area contributed by atoms with Gasteiger partial charge < -0.3 is 9.42 Å². The Morgan fingerprint density at radius 2 is 2.08 bits per heavy atom. The molecule has 1 atom stereocenters. The highest BCUT2D eigenvalue weighted by Gasteiger charge is 2.35. The van der Waals surface area contributed by atoms with Gasteiger partial charge in [0.05, 0.1) is 6.04 Å². The Morgan fingerprint density at radius 3 is 2.79 bits per heavy atom. The summed E-state index contributed by atoms with van der Waals surface area (Å²) < 4.78 is 5.31. The zero-order valence-corrected chi connectivity index (χ0v) is 14.0. The standard InChI is InChI=1S/C17H21N5O2/c1-10(2)16-20-15(21-24-16)13-4-3-9-22(13)17(23)12-7-8-18-14(19-12)11-5-6-11/h7-8,10-11,13H,3-6,9H2,1-2H3. The summed E-state index contributed by atoms with van der Waals surface area (Å²) in [5.41, 5.74) is 0.464. The number of hydrogen-bond donors (Lipinski definition) is 0. The molecule has 3 heterocycles. The van der Waals surface area contributed by atoms with Gasteiger partial charge in [-0.2, -0.15) is 4.98 Å². The highest BCUT2D eigenvalue weighted by Crippen LogP contribution is 2.38. The third-order valence-corrected chi connectivity index (χ3v) is 4.60. The molecule has 24 heavy (non-hydrogen) atoms. The molecule has 1 saturated heterocycles. The molecule has 2 aromatic rings. The number of carbonyl (C=O) groups is 1. The second kappa shape index (κ2) is 5.96. The molecule has 2 aliphatic rings. The Labute approximate surface area is 140 Å². The Bertz CT molecular complexity index is 753. The molecule has 0 N–H and O–H groups in total. The summed E-state index contributed by atoms with van der Waals surface area (Å²) in [5.74, 6) is 2.54. The molecule has 1 aliphatic carbocycles. The smallest absolute Gasteiger partial charge is 0.273 e. The number of hydrogen-bond acceptors (Lipinski definition) is 6. The highest BCUT2D eigenvalue weighted by atomic mass is 16.5. The molecule has 0 bridgehead atoms. The lowest BCUT2D eigenvalue weighted by atomic mass is 10.2. The molecule has 1 saturated carbocycles. The van der Waals surface area contributed by atoms with E-state index in [4.69, 9.17) is 4.52 Å². The van der Waals surface area contributed by atoms with Crippen LogP contribution >= 0.6 is 0 Å². The maximum atomic E-state index is 12.9. The van der Waals surface area contributed by atoms with Crippen molar-refractivity contribution in [3.05, 3.63) is 35.5 Å². The monoisotopic (exact) mass is 327 g/mol. The Morgan fingerprint density at radius 1 is 1.25 bits per heavy atom. The van der Waals surface area contributed by atoms with Gasteiger partial charge in [0, 0.05) is 24.6 Å². The van der Waals surface area contributed by atoms with Crippen LogP contribution in [0.4, 0.5) is 0 Å². The predicted molar refractivity (Wildman–Crippen MR) is 85.4 cm³/mol.